The second-order valence-corrected chi connectivity index (χ2v) is 6.98. The minimum Gasteiger partial charge on any atom is -0.348 e. The van der Waals surface area contributed by atoms with Crippen LogP contribution in [0.3, 0.4) is 0 Å². The second-order valence-electron chi connectivity index (χ2n) is 6.55. The predicted molar refractivity (Wildman–Crippen MR) is 117 cm³/mol. The van der Waals surface area contributed by atoms with Crippen molar-refractivity contribution >= 4 is 24.0 Å². The van der Waals surface area contributed by atoms with E-state index in [4.69, 9.17) is 16.9 Å². The highest BCUT2D eigenvalue weighted by atomic mass is 35.5. The first-order valence-corrected chi connectivity index (χ1v) is 9.34. The van der Waals surface area contributed by atoms with Crippen LogP contribution >= 0.6 is 24.0 Å². The largest absolute Gasteiger partial charge is 0.348 e. The van der Waals surface area contributed by atoms with E-state index in [0.717, 1.165) is 17.0 Å². The van der Waals surface area contributed by atoms with E-state index in [-0.39, 0.29) is 23.9 Å². The summed E-state index contributed by atoms with van der Waals surface area (Å²) in [6.45, 7) is 0. The number of nitriles is 1. The molecule has 0 spiro atoms. The van der Waals surface area contributed by atoms with E-state index in [9.17, 15) is 4.79 Å². The van der Waals surface area contributed by atoms with Crippen LogP contribution in [0, 0.1) is 11.3 Å². The van der Waals surface area contributed by atoms with Crippen molar-refractivity contribution in [2.24, 2.45) is 0 Å². The van der Waals surface area contributed by atoms with Crippen LogP contribution in [-0.4, -0.2) is 19.5 Å². The lowest BCUT2D eigenvalue weighted by Crippen LogP contribution is -2.17. The molecule has 3 aromatic heterocycles. The van der Waals surface area contributed by atoms with E-state index in [1.165, 1.54) is 10.6 Å². The molecule has 0 bridgehead atoms. The number of nitrogens with zero attached hydrogens (tertiary/aromatic N) is 4. The van der Waals surface area contributed by atoms with Crippen molar-refractivity contribution in [1.82, 2.24) is 19.5 Å². The Kier molecular flexibility index (Phi) is 6.68. The Morgan fingerprint density at radius 1 is 1.10 bits per heavy atom. The minimum atomic E-state index is -0.194. The standard InChI is InChI=1S/C22H16ClN5O.ClH/c23-18-6-8-21(29)28(14-18)20-7-3-16(13-27-20)11-19(22-25-9-10-26-22)17-4-1-15(12-24)2-5-17;/h1-10,13-14,19H,11H2,(H,25,26);1H. The average Bonchev–Trinajstić information content (AvgIpc) is 3.29. The number of hydrogen-bond donors (Lipinski definition) is 1. The SMILES string of the molecule is Cl.N#Cc1ccc(C(Cc2ccc(-n3cc(Cl)ccc3=O)nc2)c2ncc[nH]2)cc1. The molecule has 0 saturated carbocycles. The first-order chi connectivity index (χ1) is 14.1. The minimum absolute atomic E-state index is 0. The second kappa shape index (κ2) is 9.40. The van der Waals surface area contributed by atoms with Crippen molar-refractivity contribution < 1.29 is 0 Å². The van der Waals surface area contributed by atoms with Crippen LogP contribution in [-0.2, 0) is 6.42 Å². The summed E-state index contributed by atoms with van der Waals surface area (Å²) in [5, 5.41) is 9.50. The van der Waals surface area contributed by atoms with Gasteiger partial charge in [-0.25, -0.2) is 9.97 Å². The predicted octanol–water partition coefficient (Wildman–Crippen LogP) is 4.28. The average molecular weight is 438 g/mol. The molecule has 1 aromatic carbocycles. The maximum absolute atomic E-state index is 12.1. The Labute approximate surface area is 184 Å². The van der Waals surface area contributed by atoms with Crippen LogP contribution in [0.1, 0.15) is 28.4 Å². The smallest absolute Gasteiger partial charge is 0.256 e. The van der Waals surface area contributed by atoms with Gasteiger partial charge in [-0.15, -0.1) is 12.4 Å². The summed E-state index contributed by atoms with van der Waals surface area (Å²) in [6.07, 6.45) is 7.48. The van der Waals surface area contributed by atoms with Crippen molar-refractivity contribution in [3.63, 3.8) is 0 Å². The molecule has 0 saturated heterocycles. The highest BCUT2D eigenvalue weighted by molar-refractivity contribution is 6.30. The van der Waals surface area contributed by atoms with Crippen LogP contribution in [0.5, 0.6) is 0 Å². The van der Waals surface area contributed by atoms with Crippen molar-refractivity contribution in [1.29, 1.82) is 5.26 Å². The van der Waals surface area contributed by atoms with Gasteiger partial charge in [-0.3, -0.25) is 9.36 Å². The van der Waals surface area contributed by atoms with Gasteiger partial charge in [0.25, 0.3) is 5.56 Å². The molecule has 1 unspecified atom stereocenters. The van der Waals surface area contributed by atoms with E-state index in [1.54, 1.807) is 49.1 Å². The lowest BCUT2D eigenvalue weighted by molar-refractivity contribution is 0.748. The fraction of sp³-hybridized carbons (Fsp3) is 0.0909. The topological polar surface area (TPSA) is 87.4 Å². The number of nitrogens with one attached hydrogen (secondary N) is 1. The Hall–Kier alpha value is -3.40. The number of aromatic nitrogens is 4. The number of imidazole rings is 1. The van der Waals surface area contributed by atoms with Gasteiger partial charge < -0.3 is 4.98 Å². The molecule has 0 fully saturated rings. The maximum atomic E-state index is 12.1. The molecule has 0 amide bonds. The van der Waals surface area contributed by atoms with E-state index < -0.39 is 0 Å². The molecule has 1 N–H and O–H groups in total. The van der Waals surface area contributed by atoms with Crippen LogP contribution in [0.4, 0.5) is 0 Å². The molecule has 3 heterocycles. The van der Waals surface area contributed by atoms with Gasteiger partial charge in [0, 0.05) is 36.8 Å². The highest BCUT2D eigenvalue weighted by Crippen LogP contribution is 2.26. The molecule has 0 aliphatic carbocycles. The van der Waals surface area contributed by atoms with Crippen molar-refractivity contribution in [3.8, 4) is 11.9 Å². The third kappa shape index (κ3) is 4.60. The molecule has 4 rings (SSSR count). The van der Waals surface area contributed by atoms with Gasteiger partial charge in [0.05, 0.1) is 16.7 Å². The Morgan fingerprint density at radius 3 is 2.53 bits per heavy atom. The van der Waals surface area contributed by atoms with E-state index >= 15 is 0 Å². The third-order valence-corrected chi connectivity index (χ3v) is 4.89. The Bertz CT molecular complexity index is 1210. The number of aromatic amines is 1. The summed E-state index contributed by atoms with van der Waals surface area (Å²) in [5.74, 6) is 1.33. The van der Waals surface area contributed by atoms with Gasteiger partial charge in [-0.2, -0.15) is 5.26 Å². The quantitative estimate of drug-likeness (QED) is 0.504. The fourth-order valence-electron chi connectivity index (χ4n) is 3.19. The molecular weight excluding hydrogens is 421 g/mol. The fourth-order valence-corrected chi connectivity index (χ4v) is 3.35. The Balaban J connectivity index is 0.00000256. The van der Waals surface area contributed by atoms with Crippen LogP contribution in [0.15, 0.2) is 78.1 Å². The van der Waals surface area contributed by atoms with E-state index in [1.807, 2.05) is 18.2 Å². The van der Waals surface area contributed by atoms with Crippen molar-refractivity contribution in [3.05, 3.63) is 111 Å². The number of pyridine rings is 2. The van der Waals surface area contributed by atoms with Crippen LogP contribution in [0.25, 0.3) is 5.82 Å². The number of hydrogen-bond acceptors (Lipinski definition) is 4. The molecule has 30 heavy (non-hydrogen) atoms. The lowest BCUT2D eigenvalue weighted by Gasteiger charge is -2.16. The summed E-state index contributed by atoms with van der Waals surface area (Å²) in [6, 6.07) is 16.3. The summed E-state index contributed by atoms with van der Waals surface area (Å²) in [5.41, 5.74) is 2.47. The first kappa shape index (κ1) is 21.3. The summed E-state index contributed by atoms with van der Waals surface area (Å²) < 4.78 is 1.41. The van der Waals surface area contributed by atoms with Gasteiger partial charge in [0.2, 0.25) is 0 Å². The van der Waals surface area contributed by atoms with Crippen LogP contribution < -0.4 is 5.56 Å². The number of halogens is 2. The van der Waals surface area contributed by atoms with Gasteiger partial charge in [-0.1, -0.05) is 29.8 Å². The van der Waals surface area contributed by atoms with E-state index in [0.29, 0.717) is 22.8 Å². The third-order valence-electron chi connectivity index (χ3n) is 4.66. The van der Waals surface area contributed by atoms with Gasteiger partial charge in [0.1, 0.15) is 11.6 Å². The van der Waals surface area contributed by atoms with Gasteiger partial charge in [0.15, 0.2) is 0 Å². The molecule has 8 heteroatoms. The van der Waals surface area contributed by atoms with Gasteiger partial charge in [-0.05, 0) is 41.8 Å². The summed E-state index contributed by atoms with van der Waals surface area (Å²) in [4.78, 5) is 24.1. The lowest BCUT2D eigenvalue weighted by atomic mass is 9.91. The first-order valence-electron chi connectivity index (χ1n) is 8.97. The normalized spacial score (nSPS) is 11.3. The molecule has 150 valence electrons. The molecular formula is C22H17Cl2N5O. The molecule has 0 aliphatic rings. The summed E-state index contributed by atoms with van der Waals surface area (Å²) >= 11 is 6.00. The highest BCUT2D eigenvalue weighted by Gasteiger charge is 2.18. The summed E-state index contributed by atoms with van der Waals surface area (Å²) in [7, 11) is 0. The number of H-pyrrole nitrogens is 1. The molecule has 0 radical (unpaired) electrons. The zero-order valence-corrected chi connectivity index (χ0v) is 17.3. The number of rotatable bonds is 5. The van der Waals surface area contributed by atoms with Crippen molar-refractivity contribution in [2.75, 3.05) is 0 Å². The molecule has 6 nitrogen and oxygen atoms in total. The Morgan fingerprint density at radius 2 is 1.90 bits per heavy atom. The zero-order chi connectivity index (χ0) is 20.2. The van der Waals surface area contributed by atoms with Crippen molar-refractivity contribution in [2.45, 2.75) is 12.3 Å². The number of benzene rings is 1. The van der Waals surface area contributed by atoms with Gasteiger partial charge >= 0.3 is 0 Å². The molecule has 0 aliphatic heterocycles. The molecule has 4 aromatic rings. The zero-order valence-electron chi connectivity index (χ0n) is 15.7. The monoisotopic (exact) mass is 437 g/mol. The molecule has 1 atom stereocenters. The van der Waals surface area contributed by atoms with E-state index in [2.05, 4.69) is 21.0 Å². The van der Waals surface area contributed by atoms with Crippen LogP contribution in [0.2, 0.25) is 5.02 Å². The maximum Gasteiger partial charge on any atom is 0.256 e.